The molecule has 0 saturated heterocycles. The van der Waals surface area contributed by atoms with E-state index >= 15 is 0 Å². The van der Waals surface area contributed by atoms with Crippen LogP contribution in [0, 0.1) is 6.92 Å². The van der Waals surface area contributed by atoms with Gasteiger partial charge in [0.15, 0.2) is 0 Å². The first-order valence-electron chi connectivity index (χ1n) is 6.85. The molecule has 1 aromatic heterocycles. The molecule has 21 heavy (non-hydrogen) atoms. The van der Waals surface area contributed by atoms with Gasteiger partial charge in [-0.15, -0.1) is 0 Å². The van der Waals surface area contributed by atoms with Crippen molar-refractivity contribution in [2.45, 2.75) is 19.9 Å². The predicted octanol–water partition coefficient (Wildman–Crippen LogP) is 0.858. The van der Waals surface area contributed by atoms with Gasteiger partial charge in [-0.1, -0.05) is 12.1 Å². The molecule has 0 radical (unpaired) electrons. The number of carbonyl (C=O) groups is 1. The molecule has 0 aliphatic heterocycles. The van der Waals surface area contributed by atoms with Gasteiger partial charge >= 0.3 is 0 Å². The van der Waals surface area contributed by atoms with Crippen LogP contribution in [0.3, 0.4) is 0 Å². The maximum atomic E-state index is 12.2. The molecule has 1 heterocycles. The summed E-state index contributed by atoms with van der Waals surface area (Å²) in [4.78, 5) is 28.4. The lowest BCUT2D eigenvalue weighted by Crippen LogP contribution is -2.34. The second-order valence-electron chi connectivity index (χ2n) is 4.77. The molecule has 6 heteroatoms. The van der Waals surface area contributed by atoms with Crippen molar-refractivity contribution in [3.8, 4) is 0 Å². The average Bonchev–Trinajstić information content (AvgIpc) is 2.48. The third-order valence-corrected chi connectivity index (χ3v) is 3.16. The van der Waals surface area contributed by atoms with Crippen molar-refractivity contribution in [3.63, 3.8) is 0 Å². The van der Waals surface area contributed by atoms with Crippen LogP contribution in [-0.2, 0) is 16.1 Å². The minimum absolute atomic E-state index is 0.00428. The maximum absolute atomic E-state index is 12.2. The molecule has 6 nitrogen and oxygen atoms in total. The first kappa shape index (κ1) is 15.2. The maximum Gasteiger partial charge on any atom is 0.272 e. The summed E-state index contributed by atoms with van der Waals surface area (Å²) in [5.41, 5.74) is 1.53. The summed E-state index contributed by atoms with van der Waals surface area (Å²) in [7, 11) is 1.62. The van der Waals surface area contributed by atoms with E-state index in [1.165, 1.54) is 4.57 Å². The number of hydrogen-bond donors (Lipinski definition) is 1. The van der Waals surface area contributed by atoms with E-state index in [1.807, 2.05) is 18.2 Å². The van der Waals surface area contributed by atoms with Gasteiger partial charge in [0.05, 0.1) is 11.0 Å². The van der Waals surface area contributed by atoms with Gasteiger partial charge in [-0.25, -0.2) is 4.98 Å². The summed E-state index contributed by atoms with van der Waals surface area (Å²) in [6.45, 7) is 2.78. The highest BCUT2D eigenvalue weighted by atomic mass is 16.5. The van der Waals surface area contributed by atoms with Crippen LogP contribution in [0.5, 0.6) is 0 Å². The van der Waals surface area contributed by atoms with Crippen molar-refractivity contribution in [1.82, 2.24) is 14.9 Å². The van der Waals surface area contributed by atoms with Crippen molar-refractivity contribution in [1.29, 1.82) is 0 Å². The molecule has 0 atom stereocenters. The number of rotatable bonds is 6. The molecule has 1 N–H and O–H groups in total. The predicted molar refractivity (Wildman–Crippen MR) is 80.2 cm³/mol. The quantitative estimate of drug-likeness (QED) is 0.800. The third kappa shape index (κ3) is 3.66. The minimum atomic E-state index is -0.235. The molecule has 112 valence electrons. The first-order valence-corrected chi connectivity index (χ1v) is 6.85. The van der Waals surface area contributed by atoms with Gasteiger partial charge in [-0.2, -0.15) is 0 Å². The van der Waals surface area contributed by atoms with Gasteiger partial charge < -0.3 is 10.1 Å². The normalized spacial score (nSPS) is 10.8. The van der Waals surface area contributed by atoms with Gasteiger partial charge in [0.1, 0.15) is 12.2 Å². The Hall–Kier alpha value is -2.21. The molecule has 1 aromatic carbocycles. The fourth-order valence-electron chi connectivity index (χ4n) is 2.12. The highest BCUT2D eigenvalue weighted by molar-refractivity contribution is 5.80. The lowest BCUT2D eigenvalue weighted by Gasteiger charge is -2.11. The lowest BCUT2D eigenvalue weighted by atomic mass is 10.2. The number of ether oxygens (including phenoxy) is 1. The summed E-state index contributed by atoms with van der Waals surface area (Å²) < 4.78 is 6.38. The molecule has 0 bridgehead atoms. The fourth-order valence-corrected chi connectivity index (χ4v) is 2.12. The van der Waals surface area contributed by atoms with Gasteiger partial charge in [-0.05, 0) is 25.5 Å². The number of fused-ring (bicyclic) bond motifs is 1. The van der Waals surface area contributed by atoms with Crippen molar-refractivity contribution in [3.05, 3.63) is 40.3 Å². The second kappa shape index (κ2) is 6.99. The SMILES string of the molecule is COCCCNC(=O)Cn1c(=O)c(C)nc2ccccc21. The number of aryl methyl sites for hydroxylation is 1. The van der Waals surface area contributed by atoms with Crippen molar-refractivity contribution < 1.29 is 9.53 Å². The van der Waals surface area contributed by atoms with Crippen LogP contribution in [0.1, 0.15) is 12.1 Å². The lowest BCUT2D eigenvalue weighted by molar-refractivity contribution is -0.121. The molecule has 1 amide bonds. The number of nitrogens with one attached hydrogen (secondary N) is 1. The zero-order chi connectivity index (χ0) is 15.2. The van der Waals surface area contributed by atoms with E-state index < -0.39 is 0 Å². The standard InChI is InChI=1S/C15H19N3O3/c1-11-15(20)18(10-14(19)16-8-5-9-21-2)13-7-4-3-6-12(13)17-11/h3-4,6-7H,5,8-10H2,1-2H3,(H,16,19). The second-order valence-corrected chi connectivity index (χ2v) is 4.77. The number of amides is 1. The molecule has 0 aliphatic rings. The first-order chi connectivity index (χ1) is 10.1. The number of nitrogens with zero attached hydrogens (tertiary/aromatic N) is 2. The largest absolute Gasteiger partial charge is 0.385 e. The smallest absolute Gasteiger partial charge is 0.272 e. The molecule has 0 saturated carbocycles. The van der Waals surface area contributed by atoms with E-state index in [-0.39, 0.29) is 18.0 Å². The summed E-state index contributed by atoms with van der Waals surface area (Å²) in [5, 5.41) is 2.78. The number of aromatic nitrogens is 2. The third-order valence-electron chi connectivity index (χ3n) is 3.16. The van der Waals surface area contributed by atoms with E-state index in [1.54, 1.807) is 20.1 Å². The monoisotopic (exact) mass is 289 g/mol. The number of hydrogen-bond acceptors (Lipinski definition) is 4. The Morgan fingerprint density at radius 1 is 1.38 bits per heavy atom. The van der Waals surface area contributed by atoms with Crippen LogP contribution < -0.4 is 10.9 Å². The van der Waals surface area contributed by atoms with Crippen molar-refractivity contribution in [2.75, 3.05) is 20.3 Å². The molecular formula is C15H19N3O3. The van der Waals surface area contributed by atoms with Gasteiger partial charge in [0.25, 0.3) is 5.56 Å². The summed E-state index contributed by atoms with van der Waals surface area (Å²) in [5.74, 6) is -0.191. The molecular weight excluding hydrogens is 270 g/mol. The molecule has 0 unspecified atom stereocenters. The van der Waals surface area contributed by atoms with E-state index in [0.29, 0.717) is 29.9 Å². The van der Waals surface area contributed by atoms with E-state index in [2.05, 4.69) is 10.3 Å². The summed E-state index contributed by atoms with van der Waals surface area (Å²) in [6, 6.07) is 7.30. The minimum Gasteiger partial charge on any atom is -0.385 e. The Kier molecular flexibility index (Phi) is 5.05. The van der Waals surface area contributed by atoms with E-state index in [0.717, 1.165) is 6.42 Å². The van der Waals surface area contributed by atoms with Crippen LogP contribution >= 0.6 is 0 Å². The average molecular weight is 289 g/mol. The van der Waals surface area contributed by atoms with E-state index in [4.69, 9.17) is 4.74 Å². The van der Waals surface area contributed by atoms with Gasteiger partial charge in [-0.3, -0.25) is 14.2 Å². The number of carbonyl (C=O) groups excluding carboxylic acids is 1. The van der Waals surface area contributed by atoms with Gasteiger partial charge in [0, 0.05) is 20.3 Å². The number of para-hydroxylation sites is 2. The fraction of sp³-hybridized carbons (Fsp3) is 0.400. The Morgan fingerprint density at radius 2 is 2.14 bits per heavy atom. The van der Waals surface area contributed by atoms with Crippen LogP contribution in [0.2, 0.25) is 0 Å². The molecule has 2 rings (SSSR count). The summed E-state index contributed by atoms with van der Waals surface area (Å²) in [6.07, 6.45) is 0.743. The highest BCUT2D eigenvalue weighted by Crippen LogP contribution is 2.09. The Labute approximate surface area is 122 Å². The topological polar surface area (TPSA) is 73.2 Å². The van der Waals surface area contributed by atoms with Crippen LogP contribution in [0.25, 0.3) is 11.0 Å². The van der Waals surface area contributed by atoms with Crippen LogP contribution in [0.4, 0.5) is 0 Å². The number of methoxy groups -OCH3 is 1. The molecule has 0 spiro atoms. The van der Waals surface area contributed by atoms with Crippen molar-refractivity contribution in [2.24, 2.45) is 0 Å². The Balaban J connectivity index is 2.19. The van der Waals surface area contributed by atoms with E-state index in [9.17, 15) is 9.59 Å². The Bertz CT molecular complexity index is 694. The zero-order valence-electron chi connectivity index (χ0n) is 12.3. The van der Waals surface area contributed by atoms with Crippen molar-refractivity contribution >= 4 is 16.9 Å². The number of benzene rings is 1. The van der Waals surface area contributed by atoms with Crippen LogP contribution in [-0.4, -0.2) is 35.7 Å². The molecule has 2 aromatic rings. The summed E-state index contributed by atoms with van der Waals surface area (Å²) >= 11 is 0. The molecule has 0 fully saturated rings. The Morgan fingerprint density at radius 3 is 2.90 bits per heavy atom. The zero-order valence-corrected chi connectivity index (χ0v) is 12.3. The van der Waals surface area contributed by atoms with Gasteiger partial charge in [0.2, 0.25) is 5.91 Å². The molecule has 0 aliphatic carbocycles. The van der Waals surface area contributed by atoms with Crippen LogP contribution in [0.15, 0.2) is 29.1 Å². The highest BCUT2D eigenvalue weighted by Gasteiger charge is 2.10.